The zero-order valence-corrected chi connectivity index (χ0v) is 10.2. The van der Waals surface area contributed by atoms with E-state index in [0.29, 0.717) is 13.2 Å². The molecular weight excluding hydrogens is 206 g/mol. The fraction of sp³-hybridized carbons (Fsp3) is 0.909. The number of urea groups is 1. The van der Waals surface area contributed by atoms with Crippen molar-refractivity contribution in [3.05, 3.63) is 0 Å². The second kappa shape index (κ2) is 4.59. The number of likely N-dealkylation sites (N-methyl/N-ethyl adjacent to an activating group) is 1. The molecule has 1 spiro atoms. The number of ether oxygens (including phenoxy) is 1. The van der Waals surface area contributed by atoms with Crippen LogP contribution in [0.15, 0.2) is 0 Å². The lowest BCUT2D eigenvalue weighted by Crippen LogP contribution is -2.61. The monoisotopic (exact) mass is 227 g/mol. The SMILES string of the molecule is COCCN1CCC2(CCN(C)C2)NC1=O. The van der Waals surface area contributed by atoms with Gasteiger partial charge in [-0.3, -0.25) is 0 Å². The van der Waals surface area contributed by atoms with Gasteiger partial charge in [0.2, 0.25) is 0 Å². The highest BCUT2D eigenvalue weighted by molar-refractivity contribution is 5.76. The number of carbonyl (C=O) groups excluding carboxylic acids is 1. The predicted octanol–water partition coefficient (Wildman–Crippen LogP) is 0.122. The molecule has 2 saturated heterocycles. The second-order valence-electron chi connectivity index (χ2n) is 4.93. The van der Waals surface area contributed by atoms with E-state index in [9.17, 15) is 4.79 Å². The van der Waals surface area contributed by atoms with E-state index < -0.39 is 0 Å². The Balaban J connectivity index is 1.89. The summed E-state index contributed by atoms with van der Waals surface area (Å²) in [5.74, 6) is 0. The lowest BCUT2D eigenvalue weighted by molar-refractivity contribution is 0.118. The van der Waals surface area contributed by atoms with Crippen LogP contribution in [0, 0.1) is 0 Å². The Bertz CT molecular complexity index is 272. The quantitative estimate of drug-likeness (QED) is 0.745. The van der Waals surface area contributed by atoms with Gasteiger partial charge in [-0.1, -0.05) is 0 Å². The molecule has 0 aliphatic carbocycles. The largest absolute Gasteiger partial charge is 0.383 e. The van der Waals surface area contributed by atoms with Crippen LogP contribution in [0.5, 0.6) is 0 Å². The smallest absolute Gasteiger partial charge is 0.317 e. The Hall–Kier alpha value is -0.810. The summed E-state index contributed by atoms with van der Waals surface area (Å²) >= 11 is 0. The van der Waals surface area contributed by atoms with E-state index in [1.807, 2.05) is 4.90 Å². The first-order valence-corrected chi connectivity index (χ1v) is 5.90. The highest BCUT2D eigenvalue weighted by Crippen LogP contribution is 2.27. The van der Waals surface area contributed by atoms with Crippen molar-refractivity contribution in [2.75, 3.05) is 46.9 Å². The number of rotatable bonds is 3. The summed E-state index contributed by atoms with van der Waals surface area (Å²) in [6.45, 7) is 4.22. The van der Waals surface area contributed by atoms with Crippen molar-refractivity contribution in [2.24, 2.45) is 0 Å². The maximum Gasteiger partial charge on any atom is 0.317 e. The van der Waals surface area contributed by atoms with E-state index in [1.54, 1.807) is 7.11 Å². The fourth-order valence-corrected chi connectivity index (χ4v) is 2.62. The summed E-state index contributed by atoms with van der Waals surface area (Å²) < 4.78 is 5.00. The van der Waals surface area contributed by atoms with E-state index in [1.165, 1.54) is 0 Å². The minimum atomic E-state index is 0.0371. The number of nitrogens with zero attached hydrogens (tertiary/aromatic N) is 2. The minimum absolute atomic E-state index is 0.0371. The molecule has 0 aromatic carbocycles. The predicted molar refractivity (Wildman–Crippen MR) is 61.4 cm³/mol. The van der Waals surface area contributed by atoms with Crippen molar-refractivity contribution in [1.29, 1.82) is 0 Å². The summed E-state index contributed by atoms with van der Waals surface area (Å²) in [7, 11) is 3.77. The first kappa shape index (κ1) is 11.7. The number of amides is 2. The first-order valence-electron chi connectivity index (χ1n) is 5.90. The second-order valence-corrected chi connectivity index (χ2v) is 4.93. The van der Waals surface area contributed by atoms with E-state index in [2.05, 4.69) is 17.3 Å². The molecule has 5 nitrogen and oxygen atoms in total. The van der Waals surface area contributed by atoms with E-state index >= 15 is 0 Å². The van der Waals surface area contributed by atoms with Crippen molar-refractivity contribution in [3.8, 4) is 0 Å². The molecule has 16 heavy (non-hydrogen) atoms. The first-order chi connectivity index (χ1) is 7.65. The Morgan fingerprint density at radius 3 is 2.75 bits per heavy atom. The van der Waals surface area contributed by atoms with Gasteiger partial charge in [0.05, 0.1) is 12.1 Å². The summed E-state index contributed by atoms with van der Waals surface area (Å²) in [5, 5.41) is 3.17. The van der Waals surface area contributed by atoms with Crippen LogP contribution in [0.4, 0.5) is 4.79 Å². The number of likely N-dealkylation sites (tertiary alicyclic amines) is 1. The molecule has 0 radical (unpaired) electrons. The molecule has 1 N–H and O–H groups in total. The topological polar surface area (TPSA) is 44.8 Å². The highest BCUT2D eigenvalue weighted by atomic mass is 16.5. The van der Waals surface area contributed by atoms with E-state index in [0.717, 1.165) is 32.5 Å². The lowest BCUT2D eigenvalue weighted by atomic mass is 9.92. The third kappa shape index (κ3) is 2.30. The molecule has 0 bridgehead atoms. The van der Waals surface area contributed by atoms with Crippen LogP contribution in [0.2, 0.25) is 0 Å². The third-order valence-electron chi connectivity index (χ3n) is 3.63. The molecule has 2 aliphatic heterocycles. The van der Waals surface area contributed by atoms with Crippen molar-refractivity contribution in [1.82, 2.24) is 15.1 Å². The van der Waals surface area contributed by atoms with Crippen molar-refractivity contribution in [2.45, 2.75) is 18.4 Å². The maximum absolute atomic E-state index is 11.9. The molecule has 2 amide bonds. The van der Waals surface area contributed by atoms with Gasteiger partial charge in [-0.05, 0) is 19.9 Å². The molecule has 2 aliphatic rings. The molecule has 1 unspecified atom stereocenters. The van der Waals surface area contributed by atoms with Gasteiger partial charge in [-0.15, -0.1) is 0 Å². The normalized spacial score (nSPS) is 31.1. The zero-order chi connectivity index (χ0) is 11.6. The third-order valence-corrected chi connectivity index (χ3v) is 3.63. The van der Waals surface area contributed by atoms with Gasteiger partial charge in [0.25, 0.3) is 0 Å². The Morgan fingerprint density at radius 1 is 1.44 bits per heavy atom. The van der Waals surface area contributed by atoms with Crippen molar-refractivity contribution >= 4 is 6.03 Å². The number of methoxy groups -OCH3 is 1. The summed E-state index contributed by atoms with van der Waals surface area (Å²) in [5.41, 5.74) is 0.0371. The molecule has 0 aromatic rings. The molecule has 0 saturated carbocycles. The molecular formula is C11H21N3O2. The summed E-state index contributed by atoms with van der Waals surface area (Å²) in [6, 6.07) is 0.0681. The van der Waals surface area contributed by atoms with Crippen molar-refractivity contribution < 1.29 is 9.53 Å². The molecule has 1 atom stereocenters. The van der Waals surface area contributed by atoms with Crippen LogP contribution in [0.3, 0.4) is 0 Å². The van der Waals surface area contributed by atoms with Crippen LogP contribution in [0.1, 0.15) is 12.8 Å². The number of hydrogen-bond acceptors (Lipinski definition) is 3. The van der Waals surface area contributed by atoms with Gasteiger partial charge in [0.1, 0.15) is 0 Å². The average Bonchev–Trinajstić information content (AvgIpc) is 2.59. The standard InChI is InChI=1S/C11H21N3O2/c1-13-5-3-11(9-13)4-6-14(7-8-16-2)10(15)12-11/h3-9H2,1-2H3,(H,12,15). The Labute approximate surface area is 96.7 Å². The lowest BCUT2D eigenvalue weighted by Gasteiger charge is -2.40. The Kier molecular flexibility index (Phi) is 3.35. The zero-order valence-electron chi connectivity index (χ0n) is 10.2. The maximum atomic E-state index is 11.9. The molecule has 2 rings (SSSR count). The Morgan fingerprint density at radius 2 is 2.19 bits per heavy atom. The average molecular weight is 227 g/mol. The minimum Gasteiger partial charge on any atom is -0.383 e. The van der Waals surface area contributed by atoms with Gasteiger partial charge in [0, 0.05) is 33.3 Å². The van der Waals surface area contributed by atoms with Crippen LogP contribution in [-0.4, -0.2) is 68.3 Å². The highest BCUT2D eigenvalue weighted by Gasteiger charge is 2.42. The summed E-state index contributed by atoms with van der Waals surface area (Å²) in [6.07, 6.45) is 2.13. The van der Waals surface area contributed by atoms with E-state index in [-0.39, 0.29) is 11.6 Å². The van der Waals surface area contributed by atoms with Crippen LogP contribution < -0.4 is 5.32 Å². The van der Waals surface area contributed by atoms with Gasteiger partial charge in [0.15, 0.2) is 0 Å². The number of hydrogen-bond donors (Lipinski definition) is 1. The molecule has 2 heterocycles. The van der Waals surface area contributed by atoms with Crippen LogP contribution >= 0.6 is 0 Å². The molecule has 2 fully saturated rings. The summed E-state index contributed by atoms with van der Waals surface area (Å²) in [4.78, 5) is 16.0. The van der Waals surface area contributed by atoms with Crippen LogP contribution in [-0.2, 0) is 4.74 Å². The molecule has 92 valence electrons. The number of carbonyl (C=O) groups is 1. The van der Waals surface area contributed by atoms with E-state index in [4.69, 9.17) is 4.74 Å². The van der Waals surface area contributed by atoms with Crippen LogP contribution in [0.25, 0.3) is 0 Å². The fourth-order valence-electron chi connectivity index (χ4n) is 2.62. The molecule has 5 heteroatoms. The molecule has 0 aromatic heterocycles. The van der Waals surface area contributed by atoms with Gasteiger partial charge < -0.3 is 19.9 Å². The van der Waals surface area contributed by atoms with Crippen molar-refractivity contribution in [3.63, 3.8) is 0 Å². The number of nitrogens with one attached hydrogen (secondary N) is 1. The van der Waals surface area contributed by atoms with Gasteiger partial charge in [-0.25, -0.2) is 4.79 Å². The van der Waals surface area contributed by atoms with Gasteiger partial charge in [-0.2, -0.15) is 0 Å². The van der Waals surface area contributed by atoms with Gasteiger partial charge >= 0.3 is 6.03 Å².